The van der Waals surface area contributed by atoms with Crippen molar-refractivity contribution >= 4 is 29.0 Å². The minimum absolute atomic E-state index is 0.317. The smallest absolute Gasteiger partial charge is 0.235 e. The van der Waals surface area contributed by atoms with E-state index in [9.17, 15) is 19.5 Å². The summed E-state index contributed by atoms with van der Waals surface area (Å²) in [6, 6.07) is 17.7. The quantitative estimate of drug-likeness (QED) is 0.507. The van der Waals surface area contributed by atoms with Crippen LogP contribution in [0.2, 0.25) is 0 Å². The first-order valence-electron chi connectivity index (χ1n) is 11.1. The molecule has 34 heavy (non-hydrogen) atoms. The van der Waals surface area contributed by atoms with E-state index in [-0.39, 0.29) is 6.42 Å². The second kappa shape index (κ2) is 9.23. The summed E-state index contributed by atoms with van der Waals surface area (Å²) < 4.78 is 1.58. The van der Waals surface area contributed by atoms with Gasteiger partial charge >= 0.3 is 0 Å². The van der Waals surface area contributed by atoms with E-state index in [1.165, 1.54) is 6.92 Å². The number of benzene rings is 2. The van der Waals surface area contributed by atoms with Gasteiger partial charge in [-0.1, -0.05) is 36.4 Å². The van der Waals surface area contributed by atoms with Gasteiger partial charge in [-0.3, -0.25) is 19.1 Å². The second-order valence-corrected chi connectivity index (χ2v) is 9.04. The van der Waals surface area contributed by atoms with Crippen LogP contribution in [-0.2, 0) is 21.4 Å². The van der Waals surface area contributed by atoms with Crippen molar-refractivity contribution in [3.05, 3.63) is 78.1 Å². The Bertz CT molecular complexity index is 1200. The molecule has 8 heteroatoms. The number of carbonyl (C=O) groups excluding carboxylic acids is 3. The van der Waals surface area contributed by atoms with Gasteiger partial charge in [0.05, 0.1) is 17.2 Å². The zero-order valence-electron chi connectivity index (χ0n) is 19.4. The number of hydrogen-bond acceptors (Lipinski definition) is 5. The van der Waals surface area contributed by atoms with Crippen LogP contribution in [0.4, 0.5) is 11.4 Å². The van der Waals surface area contributed by atoms with Crippen LogP contribution < -0.4 is 10.6 Å². The number of ketones is 1. The van der Waals surface area contributed by atoms with Gasteiger partial charge in [0.15, 0.2) is 0 Å². The van der Waals surface area contributed by atoms with Crippen LogP contribution >= 0.6 is 0 Å². The fourth-order valence-corrected chi connectivity index (χ4v) is 4.89. The van der Waals surface area contributed by atoms with Crippen LogP contribution in [0.1, 0.15) is 30.5 Å². The maximum Gasteiger partial charge on any atom is 0.235 e. The first kappa shape index (κ1) is 23.4. The summed E-state index contributed by atoms with van der Waals surface area (Å²) in [5.41, 5.74) is 0.619. The summed E-state index contributed by atoms with van der Waals surface area (Å²) in [6.07, 6.45) is 1.39. The summed E-state index contributed by atoms with van der Waals surface area (Å²) in [5.74, 6) is -4.55. The molecule has 8 nitrogen and oxygen atoms in total. The third-order valence-electron chi connectivity index (χ3n) is 6.33. The Morgan fingerprint density at radius 2 is 1.53 bits per heavy atom. The first-order valence-corrected chi connectivity index (χ1v) is 11.1. The Morgan fingerprint density at radius 1 is 1.00 bits per heavy atom. The van der Waals surface area contributed by atoms with Gasteiger partial charge in [0.25, 0.3) is 0 Å². The molecule has 1 fully saturated rings. The Labute approximate surface area is 198 Å². The monoisotopic (exact) mass is 460 g/mol. The lowest BCUT2D eigenvalue weighted by Gasteiger charge is -2.44. The molecular weight excluding hydrogens is 432 g/mol. The fourth-order valence-electron chi connectivity index (χ4n) is 4.89. The Balaban J connectivity index is 1.78. The topological polar surface area (TPSA) is 113 Å². The number of anilines is 2. The molecule has 1 saturated carbocycles. The second-order valence-electron chi connectivity index (χ2n) is 9.04. The summed E-state index contributed by atoms with van der Waals surface area (Å²) in [5, 5.41) is 21.4. The minimum Gasteiger partial charge on any atom is -0.389 e. The highest BCUT2D eigenvalue weighted by molar-refractivity contribution is 6.10. The number of aliphatic hydroxyl groups is 1. The zero-order valence-corrected chi connectivity index (χ0v) is 19.4. The molecule has 176 valence electrons. The van der Waals surface area contributed by atoms with Crippen molar-refractivity contribution in [2.75, 3.05) is 10.6 Å². The van der Waals surface area contributed by atoms with Gasteiger partial charge in [-0.05, 0) is 43.7 Å². The molecule has 0 unspecified atom stereocenters. The van der Waals surface area contributed by atoms with Crippen molar-refractivity contribution in [2.24, 2.45) is 18.9 Å². The molecule has 1 heterocycles. The van der Waals surface area contributed by atoms with E-state index in [0.29, 0.717) is 22.6 Å². The number of rotatable bonds is 5. The number of nitrogens with one attached hydrogen (secondary N) is 2. The highest BCUT2D eigenvalue weighted by atomic mass is 16.3. The molecule has 1 aliphatic rings. The van der Waals surface area contributed by atoms with Crippen LogP contribution in [0.3, 0.4) is 0 Å². The average Bonchev–Trinajstić information content (AvgIpc) is 3.11. The first-order chi connectivity index (χ1) is 16.2. The van der Waals surface area contributed by atoms with E-state index in [4.69, 9.17) is 0 Å². The molecule has 0 spiro atoms. The molecule has 2 aromatic carbocycles. The highest BCUT2D eigenvalue weighted by Gasteiger charge is 2.56. The number of aryl methyl sites for hydroxylation is 2. The molecule has 2 amide bonds. The summed E-state index contributed by atoms with van der Waals surface area (Å²) in [6.45, 7) is 3.24. The van der Waals surface area contributed by atoms with Gasteiger partial charge in [0.2, 0.25) is 11.8 Å². The van der Waals surface area contributed by atoms with Crippen LogP contribution in [0.15, 0.2) is 66.9 Å². The third kappa shape index (κ3) is 4.63. The van der Waals surface area contributed by atoms with E-state index >= 15 is 0 Å². The number of carbonyl (C=O) groups is 3. The number of aromatic nitrogens is 2. The van der Waals surface area contributed by atoms with Crippen molar-refractivity contribution in [1.82, 2.24) is 9.78 Å². The van der Waals surface area contributed by atoms with Crippen LogP contribution in [-0.4, -0.2) is 38.1 Å². The van der Waals surface area contributed by atoms with Gasteiger partial charge in [-0.2, -0.15) is 5.10 Å². The average molecular weight is 461 g/mol. The van der Waals surface area contributed by atoms with Gasteiger partial charge in [0, 0.05) is 37.0 Å². The van der Waals surface area contributed by atoms with E-state index in [0.717, 1.165) is 0 Å². The van der Waals surface area contributed by atoms with Crippen LogP contribution in [0.5, 0.6) is 0 Å². The van der Waals surface area contributed by atoms with E-state index in [1.807, 2.05) is 12.1 Å². The lowest BCUT2D eigenvalue weighted by Crippen LogP contribution is -2.56. The molecular formula is C26H28N4O4. The number of nitrogens with zero attached hydrogens (tertiary/aromatic N) is 2. The van der Waals surface area contributed by atoms with Gasteiger partial charge < -0.3 is 15.7 Å². The van der Waals surface area contributed by atoms with Gasteiger partial charge in [0.1, 0.15) is 11.7 Å². The fraction of sp³-hybridized carbons (Fsp3) is 0.308. The molecule has 3 N–H and O–H groups in total. The Kier molecular flexibility index (Phi) is 6.34. The Hall–Kier alpha value is -3.78. The number of hydrogen-bond donors (Lipinski definition) is 3. The van der Waals surface area contributed by atoms with Crippen molar-refractivity contribution in [3.8, 4) is 0 Å². The zero-order chi connectivity index (χ0) is 24.5. The van der Waals surface area contributed by atoms with E-state index in [2.05, 4.69) is 15.7 Å². The van der Waals surface area contributed by atoms with Gasteiger partial charge in [-0.15, -0.1) is 0 Å². The SMILES string of the molecule is Cc1nn(C)cc1[C@@H]1[C@H](C(=O)Nc2ccccc2)C(=O)C[C@@](C)(O)[C@@H]1C(=O)Nc1ccccc1. The molecule has 0 saturated heterocycles. The van der Waals surface area contributed by atoms with E-state index < -0.39 is 41.0 Å². The predicted molar refractivity (Wildman–Crippen MR) is 128 cm³/mol. The normalized spacial score (nSPS) is 24.5. The third-order valence-corrected chi connectivity index (χ3v) is 6.33. The molecule has 0 aliphatic heterocycles. The standard InChI is InChI=1S/C26H28N4O4/c1-16-19(15-30(3)29-16)21-22(24(32)27-17-10-6-4-7-11-17)20(31)14-26(2,34)23(21)25(33)28-18-12-8-5-9-13-18/h4-13,15,21-23,34H,14H2,1-3H3,(H,27,32)(H,28,33)/t21-,22-,23+,26-/m1/s1. The summed E-state index contributed by atoms with van der Waals surface area (Å²) in [7, 11) is 1.73. The number of Topliss-reactive ketones (excluding diaryl/α,β-unsaturated/α-hetero) is 1. The lowest BCUT2D eigenvalue weighted by atomic mass is 9.61. The molecule has 0 bridgehead atoms. The molecule has 4 atom stereocenters. The number of amides is 2. The van der Waals surface area contributed by atoms with Crippen LogP contribution in [0, 0.1) is 18.8 Å². The molecule has 1 aliphatic carbocycles. The molecule has 0 radical (unpaired) electrons. The van der Waals surface area contributed by atoms with Crippen molar-refractivity contribution < 1.29 is 19.5 Å². The largest absolute Gasteiger partial charge is 0.389 e. The maximum atomic E-state index is 13.6. The van der Waals surface area contributed by atoms with Crippen molar-refractivity contribution in [3.63, 3.8) is 0 Å². The molecule has 3 aromatic rings. The van der Waals surface area contributed by atoms with Crippen molar-refractivity contribution in [2.45, 2.75) is 31.8 Å². The highest BCUT2D eigenvalue weighted by Crippen LogP contribution is 2.47. The predicted octanol–water partition coefficient (Wildman–Crippen LogP) is 3.05. The summed E-state index contributed by atoms with van der Waals surface area (Å²) in [4.78, 5) is 40.3. The summed E-state index contributed by atoms with van der Waals surface area (Å²) >= 11 is 0. The molecule has 4 rings (SSSR count). The van der Waals surface area contributed by atoms with Crippen molar-refractivity contribution in [1.29, 1.82) is 0 Å². The van der Waals surface area contributed by atoms with Crippen LogP contribution in [0.25, 0.3) is 0 Å². The minimum atomic E-state index is -1.66. The Morgan fingerprint density at radius 3 is 2.03 bits per heavy atom. The number of para-hydroxylation sites is 2. The lowest BCUT2D eigenvalue weighted by molar-refractivity contribution is -0.150. The maximum absolute atomic E-state index is 13.6. The van der Waals surface area contributed by atoms with E-state index in [1.54, 1.807) is 73.4 Å². The van der Waals surface area contributed by atoms with Gasteiger partial charge in [-0.25, -0.2) is 0 Å². The molecule has 1 aromatic heterocycles.